The van der Waals surface area contributed by atoms with Gasteiger partial charge in [-0.25, -0.2) is 9.97 Å². The van der Waals surface area contributed by atoms with Crippen LogP contribution in [0, 0.1) is 0 Å². The van der Waals surface area contributed by atoms with Crippen LogP contribution in [0.15, 0.2) is 28.8 Å². The van der Waals surface area contributed by atoms with E-state index in [9.17, 15) is 15.3 Å². The highest BCUT2D eigenvalue weighted by Crippen LogP contribution is 2.38. The quantitative estimate of drug-likeness (QED) is 0.407. The number of thiophene rings is 1. The fourth-order valence-electron chi connectivity index (χ4n) is 2.29. The van der Waals surface area contributed by atoms with E-state index in [4.69, 9.17) is 28.9 Å². The third-order valence-electron chi connectivity index (χ3n) is 3.71. The minimum absolute atomic E-state index is 0.207. The molecule has 27 heavy (non-hydrogen) atoms. The van der Waals surface area contributed by atoms with E-state index in [1.165, 1.54) is 17.4 Å². The monoisotopic (exact) mass is 430 g/mol. The van der Waals surface area contributed by atoms with Gasteiger partial charge in [0.1, 0.15) is 4.83 Å². The fourth-order valence-corrected chi connectivity index (χ4v) is 3.54. The average molecular weight is 431 g/mol. The summed E-state index contributed by atoms with van der Waals surface area (Å²) in [5, 5.41) is 32.1. The van der Waals surface area contributed by atoms with Crippen LogP contribution in [-0.2, 0) is 6.61 Å². The van der Waals surface area contributed by atoms with Gasteiger partial charge in [-0.3, -0.25) is 0 Å². The molecule has 0 spiro atoms. The number of rotatable bonds is 8. The standard InChI is InChI=1S/C17H20Cl2N4O3S/c1-3-10(18)11(19)4-8(2)15-13-14(20)12(7-26)27-16(13)23-17(22-15)21-9(5-24)6-25/h3-4,9,24-26H,1,5-7,20H2,2H3,(H,21,22,23)/b8-4+,11-10-. The first kappa shape index (κ1) is 21.6. The van der Waals surface area contributed by atoms with Gasteiger partial charge < -0.3 is 26.4 Å². The first-order valence-electron chi connectivity index (χ1n) is 7.90. The van der Waals surface area contributed by atoms with Crippen LogP contribution >= 0.6 is 34.5 Å². The second-order valence-corrected chi connectivity index (χ2v) is 7.50. The van der Waals surface area contributed by atoms with Crippen molar-refractivity contribution in [2.24, 2.45) is 0 Å². The number of nitrogens with zero attached hydrogens (tertiary/aromatic N) is 2. The summed E-state index contributed by atoms with van der Waals surface area (Å²) in [7, 11) is 0. The molecule has 0 fully saturated rings. The number of anilines is 2. The van der Waals surface area contributed by atoms with Crippen LogP contribution in [0.1, 0.15) is 17.5 Å². The van der Waals surface area contributed by atoms with Crippen molar-refractivity contribution >= 4 is 62.0 Å². The largest absolute Gasteiger partial charge is 0.397 e. The van der Waals surface area contributed by atoms with Gasteiger partial charge in [-0.15, -0.1) is 11.3 Å². The summed E-state index contributed by atoms with van der Waals surface area (Å²) in [6, 6.07) is -0.618. The molecule has 0 unspecified atom stereocenters. The summed E-state index contributed by atoms with van der Waals surface area (Å²) in [6.07, 6.45) is 3.05. The molecule has 0 saturated heterocycles. The number of aliphatic hydroxyl groups excluding tert-OH is 3. The Balaban J connectivity index is 2.68. The number of hydrogen-bond donors (Lipinski definition) is 5. The summed E-state index contributed by atoms with van der Waals surface area (Å²) < 4.78 is 0. The molecule has 0 aliphatic rings. The zero-order chi connectivity index (χ0) is 20.1. The molecule has 0 bridgehead atoms. The van der Waals surface area contributed by atoms with Crippen molar-refractivity contribution < 1.29 is 15.3 Å². The maximum Gasteiger partial charge on any atom is 0.225 e. The minimum atomic E-state index is -0.618. The highest BCUT2D eigenvalue weighted by atomic mass is 35.5. The summed E-state index contributed by atoms with van der Waals surface area (Å²) in [5.74, 6) is 0.207. The van der Waals surface area contributed by atoms with Gasteiger partial charge in [0.05, 0.1) is 57.6 Å². The number of aromatic nitrogens is 2. The molecule has 6 N–H and O–H groups in total. The Morgan fingerprint density at radius 3 is 2.48 bits per heavy atom. The zero-order valence-corrected chi connectivity index (χ0v) is 16.9. The first-order chi connectivity index (χ1) is 12.9. The van der Waals surface area contributed by atoms with Crippen LogP contribution in [0.2, 0.25) is 0 Å². The third kappa shape index (κ3) is 4.78. The molecule has 2 rings (SSSR count). The molecule has 0 radical (unpaired) electrons. The van der Waals surface area contributed by atoms with E-state index in [1.54, 1.807) is 13.0 Å². The lowest BCUT2D eigenvalue weighted by atomic mass is 10.1. The van der Waals surface area contributed by atoms with Crippen LogP contribution in [0.4, 0.5) is 11.6 Å². The lowest BCUT2D eigenvalue weighted by molar-refractivity contribution is 0.203. The smallest absolute Gasteiger partial charge is 0.225 e. The molecule has 2 aromatic rings. The topological polar surface area (TPSA) is 125 Å². The lowest BCUT2D eigenvalue weighted by Gasteiger charge is -2.14. The second kappa shape index (κ2) is 9.50. The van der Waals surface area contributed by atoms with E-state index >= 15 is 0 Å². The lowest BCUT2D eigenvalue weighted by Crippen LogP contribution is -2.28. The van der Waals surface area contributed by atoms with E-state index in [0.717, 1.165) is 0 Å². The van der Waals surface area contributed by atoms with Crippen LogP contribution in [-0.4, -0.2) is 44.5 Å². The van der Waals surface area contributed by atoms with Gasteiger partial charge in [-0.2, -0.15) is 0 Å². The molecule has 0 aliphatic carbocycles. The van der Waals surface area contributed by atoms with E-state index in [-0.39, 0.29) is 35.8 Å². The fraction of sp³-hybridized carbons (Fsp3) is 0.294. The van der Waals surface area contributed by atoms with Gasteiger partial charge >= 0.3 is 0 Å². The van der Waals surface area contributed by atoms with Crippen molar-refractivity contribution in [3.05, 3.63) is 39.4 Å². The Hall–Kier alpha value is -1.68. The van der Waals surface area contributed by atoms with Gasteiger partial charge in [0, 0.05) is 0 Å². The number of hydrogen-bond acceptors (Lipinski definition) is 8. The predicted molar refractivity (Wildman–Crippen MR) is 112 cm³/mol. The highest BCUT2D eigenvalue weighted by Gasteiger charge is 2.19. The molecule has 2 aromatic heterocycles. The normalized spacial score (nSPS) is 13.2. The van der Waals surface area contributed by atoms with Gasteiger partial charge in [-0.05, 0) is 24.6 Å². The van der Waals surface area contributed by atoms with E-state index in [2.05, 4.69) is 21.9 Å². The maximum absolute atomic E-state index is 9.52. The molecule has 0 aromatic carbocycles. The summed E-state index contributed by atoms with van der Waals surface area (Å²) >= 11 is 13.4. The van der Waals surface area contributed by atoms with E-state index in [0.29, 0.717) is 32.0 Å². The maximum atomic E-state index is 9.52. The molecule has 146 valence electrons. The van der Waals surface area contributed by atoms with Gasteiger partial charge in [0.25, 0.3) is 0 Å². The van der Waals surface area contributed by atoms with E-state index < -0.39 is 6.04 Å². The number of nitrogens with one attached hydrogen (secondary N) is 1. The van der Waals surface area contributed by atoms with Crippen molar-refractivity contribution in [2.75, 3.05) is 24.3 Å². The van der Waals surface area contributed by atoms with Crippen molar-refractivity contribution in [3.8, 4) is 0 Å². The zero-order valence-electron chi connectivity index (χ0n) is 14.5. The molecular formula is C17H20Cl2N4O3S. The highest BCUT2D eigenvalue weighted by molar-refractivity contribution is 7.19. The SMILES string of the molecule is C=C/C(Cl)=C(Cl)\C=C(/C)c1nc(NC(CO)CO)nc2sc(CO)c(N)c12. The van der Waals surface area contributed by atoms with Crippen molar-refractivity contribution in [1.29, 1.82) is 0 Å². The van der Waals surface area contributed by atoms with Crippen molar-refractivity contribution in [2.45, 2.75) is 19.6 Å². The number of allylic oxidation sites excluding steroid dienone is 5. The van der Waals surface area contributed by atoms with Crippen LogP contribution in [0.3, 0.4) is 0 Å². The predicted octanol–water partition coefficient (Wildman–Crippen LogP) is 2.81. The van der Waals surface area contributed by atoms with Gasteiger partial charge in [0.15, 0.2) is 0 Å². The molecule has 7 nitrogen and oxygen atoms in total. The third-order valence-corrected chi connectivity index (χ3v) is 5.56. The van der Waals surface area contributed by atoms with Crippen molar-refractivity contribution in [1.82, 2.24) is 9.97 Å². The van der Waals surface area contributed by atoms with Gasteiger partial charge in [-0.1, -0.05) is 29.8 Å². The Morgan fingerprint density at radius 2 is 1.93 bits per heavy atom. The van der Waals surface area contributed by atoms with E-state index in [1.807, 2.05) is 0 Å². The number of nitrogens with two attached hydrogens (primary N) is 1. The van der Waals surface area contributed by atoms with Crippen LogP contribution < -0.4 is 11.1 Å². The Labute approximate surface area is 170 Å². The van der Waals surface area contributed by atoms with Gasteiger partial charge in [0.2, 0.25) is 5.95 Å². The Kier molecular flexibility index (Phi) is 7.60. The second-order valence-electron chi connectivity index (χ2n) is 5.61. The first-order valence-corrected chi connectivity index (χ1v) is 9.47. The Bertz CT molecular complexity index is 907. The van der Waals surface area contributed by atoms with Crippen LogP contribution in [0.5, 0.6) is 0 Å². The van der Waals surface area contributed by atoms with Crippen LogP contribution in [0.25, 0.3) is 15.8 Å². The summed E-state index contributed by atoms with van der Waals surface area (Å²) in [5.41, 5.74) is 7.71. The minimum Gasteiger partial charge on any atom is -0.397 e. The molecule has 0 atom stereocenters. The number of nitrogen functional groups attached to an aromatic ring is 1. The van der Waals surface area contributed by atoms with Crippen molar-refractivity contribution in [3.63, 3.8) is 0 Å². The molecule has 2 heterocycles. The number of halogens is 2. The molecule has 0 saturated carbocycles. The Morgan fingerprint density at radius 1 is 1.26 bits per heavy atom. The molecule has 0 amide bonds. The number of fused-ring (bicyclic) bond motifs is 1. The summed E-state index contributed by atoms with van der Waals surface area (Å²) in [4.78, 5) is 9.97. The molecule has 0 aliphatic heterocycles. The molecular weight excluding hydrogens is 411 g/mol. The summed E-state index contributed by atoms with van der Waals surface area (Å²) in [6.45, 7) is 4.55. The molecule has 10 heteroatoms. The average Bonchev–Trinajstić information content (AvgIpc) is 3.00. The number of aliphatic hydroxyl groups is 3.